The van der Waals surface area contributed by atoms with Crippen LogP contribution in [0.4, 0.5) is 0 Å². The van der Waals surface area contributed by atoms with Crippen LogP contribution in [0.3, 0.4) is 0 Å². The van der Waals surface area contributed by atoms with Gasteiger partial charge in [-0.1, -0.05) is 26.8 Å². The zero-order valence-electron chi connectivity index (χ0n) is 13.1. The maximum atomic E-state index is 11.8. The Kier molecular flexibility index (Phi) is 7.61. The normalized spacial score (nSPS) is 12.4. The van der Waals surface area contributed by atoms with E-state index in [9.17, 15) is 9.59 Å². The molecule has 0 radical (unpaired) electrons. The fourth-order valence-electron chi connectivity index (χ4n) is 1.48. The van der Waals surface area contributed by atoms with Gasteiger partial charge < -0.3 is 5.32 Å². The van der Waals surface area contributed by atoms with E-state index in [0.29, 0.717) is 13.1 Å². The summed E-state index contributed by atoms with van der Waals surface area (Å²) in [6, 6.07) is 0. The lowest BCUT2D eigenvalue weighted by molar-refractivity contribution is -0.123. The standard InChI is InChI=1S/C15H28N2O2/c1-7-17(10-8-9-13(18)12(2)3)11-14(19)16-15(4,5)6/h8-9,12H,7,10-11H2,1-6H3,(H,16,19)/b9-8+. The van der Waals surface area contributed by atoms with Crippen molar-refractivity contribution in [2.75, 3.05) is 19.6 Å². The molecule has 19 heavy (non-hydrogen) atoms. The number of likely N-dealkylation sites (N-methyl/N-ethyl adjacent to an activating group) is 1. The van der Waals surface area contributed by atoms with Crippen molar-refractivity contribution in [2.24, 2.45) is 5.92 Å². The summed E-state index contributed by atoms with van der Waals surface area (Å²) >= 11 is 0. The molecular weight excluding hydrogens is 240 g/mol. The molecule has 0 rings (SSSR count). The lowest BCUT2D eigenvalue weighted by Gasteiger charge is -2.24. The molecule has 0 spiro atoms. The number of ketones is 1. The van der Waals surface area contributed by atoms with Crippen LogP contribution < -0.4 is 5.32 Å². The Morgan fingerprint density at radius 1 is 1.26 bits per heavy atom. The summed E-state index contributed by atoms with van der Waals surface area (Å²) < 4.78 is 0. The summed E-state index contributed by atoms with van der Waals surface area (Å²) in [6.45, 7) is 13.4. The number of carbonyl (C=O) groups excluding carboxylic acids is 2. The van der Waals surface area contributed by atoms with Crippen molar-refractivity contribution >= 4 is 11.7 Å². The number of carbonyl (C=O) groups is 2. The minimum Gasteiger partial charge on any atom is -0.350 e. The second kappa shape index (κ2) is 8.10. The van der Waals surface area contributed by atoms with Crippen LogP contribution in [-0.4, -0.2) is 41.8 Å². The molecule has 0 aliphatic rings. The third-order valence-corrected chi connectivity index (χ3v) is 2.54. The average molecular weight is 268 g/mol. The van der Waals surface area contributed by atoms with Crippen LogP contribution in [0.2, 0.25) is 0 Å². The molecule has 0 saturated heterocycles. The predicted molar refractivity (Wildman–Crippen MR) is 79.0 cm³/mol. The highest BCUT2D eigenvalue weighted by Gasteiger charge is 2.15. The SMILES string of the molecule is CCN(C/C=C/C(=O)C(C)C)CC(=O)NC(C)(C)C. The van der Waals surface area contributed by atoms with Crippen molar-refractivity contribution in [3.8, 4) is 0 Å². The smallest absolute Gasteiger partial charge is 0.234 e. The Balaban J connectivity index is 4.23. The minimum atomic E-state index is -0.208. The van der Waals surface area contributed by atoms with Gasteiger partial charge in [-0.05, 0) is 33.4 Å². The molecule has 0 atom stereocenters. The molecule has 0 unspecified atom stereocenters. The van der Waals surface area contributed by atoms with E-state index in [1.54, 1.807) is 6.08 Å². The van der Waals surface area contributed by atoms with Gasteiger partial charge in [0, 0.05) is 18.0 Å². The number of hydrogen-bond acceptors (Lipinski definition) is 3. The van der Waals surface area contributed by atoms with E-state index >= 15 is 0 Å². The molecule has 4 heteroatoms. The van der Waals surface area contributed by atoms with Gasteiger partial charge in [-0.2, -0.15) is 0 Å². The summed E-state index contributed by atoms with van der Waals surface area (Å²) in [5, 5.41) is 2.93. The van der Waals surface area contributed by atoms with Crippen LogP contribution in [0.5, 0.6) is 0 Å². The molecule has 0 bridgehead atoms. The fraction of sp³-hybridized carbons (Fsp3) is 0.733. The summed E-state index contributed by atoms with van der Waals surface area (Å²) in [4.78, 5) is 25.2. The zero-order valence-corrected chi connectivity index (χ0v) is 13.1. The average Bonchev–Trinajstić information content (AvgIpc) is 2.24. The van der Waals surface area contributed by atoms with Gasteiger partial charge in [-0.15, -0.1) is 0 Å². The summed E-state index contributed by atoms with van der Waals surface area (Å²) in [5.41, 5.74) is -0.208. The minimum absolute atomic E-state index is 0.0120. The number of allylic oxidation sites excluding steroid dienone is 1. The molecule has 1 N–H and O–H groups in total. The first-order chi connectivity index (χ1) is 8.65. The van der Waals surface area contributed by atoms with Crippen LogP contribution >= 0.6 is 0 Å². The monoisotopic (exact) mass is 268 g/mol. The van der Waals surface area contributed by atoms with Crippen molar-refractivity contribution in [3.05, 3.63) is 12.2 Å². The Labute approximate surface area is 117 Å². The van der Waals surface area contributed by atoms with Crippen molar-refractivity contribution in [1.29, 1.82) is 0 Å². The molecular formula is C15H28N2O2. The highest BCUT2D eigenvalue weighted by Crippen LogP contribution is 1.99. The third-order valence-electron chi connectivity index (χ3n) is 2.54. The number of nitrogens with one attached hydrogen (secondary N) is 1. The van der Waals surface area contributed by atoms with Crippen molar-refractivity contribution in [2.45, 2.75) is 47.1 Å². The van der Waals surface area contributed by atoms with Crippen LogP contribution in [0.25, 0.3) is 0 Å². The topological polar surface area (TPSA) is 49.4 Å². The van der Waals surface area contributed by atoms with Crippen LogP contribution in [0.15, 0.2) is 12.2 Å². The number of rotatable bonds is 7. The summed E-state index contributed by atoms with van der Waals surface area (Å²) in [7, 11) is 0. The van der Waals surface area contributed by atoms with Gasteiger partial charge in [0.1, 0.15) is 0 Å². The zero-order chi connectivity index (χ0) is 15.1. The van der Waals surface area contributed by atoms with Crippen molar-refractivity contribution < 1.29 is 9.59 Å². The molecule has 110 valence electrons. The van der Waals surface area contributed by atoms with E-state index in [-0.39, 0.29) is 23.1 Å². The van der Waals surface area contributed by atoms with Gasteiger partial charge in [0.15, 0.2) is 5.78 Å². The van der Waals surface area contributed by atoms with E-state index in [1.165, 1.54) is 0 Å². The highest BCUT2D eigenvalue weighted by atomic mass is 16.2. The maximum Gasteiger partial charge on any atom is 0.234 e. The van der Waals surface area contributed by atoms with E-state index in [0.717, 1.165) is 6.54 Å². The maximum absolute atomic E-state index is 11.8. The first-order valence-corrected chi connectivity index (χ1v) is 6.89. The molecule has 0 fully saturated rings. The largest absolute Gasteiger partial charge is 0.350 e. The van der Waals surface area contributed by atoms with E-state index in [2.05, 4.69) is 5.32 Å². The predicted octanol–water partition coefficient (Wildman–Crippen LogP) is 2.00. The van der Waals surface area contributed by atoms with Gasteiger partial charge in [0.2, 0.25) is 5.91 Å². The highest BCUT2D eigenvalue weighted by molar-refractivity contribution is 5.91. The van der Waals surface area contributed by atoms with Gasteiger partial charge in [0.05, 0.1) is 6.54 Å². The molecule has 4 nitrogen and oxygen atoms in total. The van der Waals surface area contributed by atoms with E-state index in [1.807, 2.05) is 52.5 Å². The second-order valence-corrected chi connectivity index (χ2v) is 6.09. The molecule has 0 aromatic carbocycles. The first kappa shape index (κ1) is 17.8. The molecule has 1 amide bonds. The molecule has 0 saturated carbocycles. The van der Waals surface area contributed by atoms with Gasteiger partial charge in [-0.3, -0.25) is 14.5 Å². The second-order valence-electron chi connectivity index (χ2n) is 6.09. The number of nitrogens with zero attached hydrogens (tertiary/aromatic N) is 1. The molecule has 0 heterocycles. The lowest BCUT2D eigenvalue weighted by atomic mass is 10.1. The van der Waals surface area contributed by atoms with Crippen molar-refractivity contribution in [3.63, 3.8) is 0 Å². The Morgan fingerprint density at radius 2 is 1.84 bits per heavy atom. The molecule has 0 aliphatic carbocycles. The first-order valence-electron chi connectivity index (χ1n) is 6.89. The van der Waals surface area contributed by atoms with Gasteiger partial charge >= 0.3 is 0 Å². The molecule has 0 aliphatic heterocycles. The van der Waals surface area contributed by atoms with Gasteiger partial charge in [-0.25, -0.2) is 0 Å². The van der Waals surface area contributed by atoms with E-state index < -0.39 is 0 Å². The van der Waals surface area contributed by atoms with Crippen LogP contribution in [0.1, 0.15) is 41.5 Å². The molecule has 0 aromatic heterocycles. The lowest BCUT2D eigenvalue weighted by Crippen LogP contribution is -2.46. The van der Waals surface area contributed by atoms with Crippen molar-refractivity contribution in [1.82, 2.24) is 10.2 Å². The van der Waals surface area contributed by atoms with E-state index in [4.69, 9.17) is 0 Å². The summed E-state index contributed by atoms with van der Waals surface area (Å²) in [6.07, 6.45) is 3.44. The van der Waals surface area contributed by atoms with Gasteiger partial charge in [0.25, 0.3) is 0 Å². The van der Waals surface area contributed by atoms with Crippen LogP contribution in [0, 0.1) is 5.92 Å². The Bertz CT molecular complexity index is 328. The Morgan fingerprint density at radius 3 is 2.26 bits per heavy atom. The number of hydrogen-bond donors (Lipinski definition) is 1. The summed E-state index contributed by atoms with van der Waals surface area (Å²) in [5.74, 6) is 0.156. The molecule has 0 aromatic rings. The number of amides is 1. The Hall–Kier alpha value is -1.16. The third kappa shape index (κ3) is 9.42. The fourth-order valence-corrected chi connectivity index (χ4v) is 1.48. The van der Waals surface area contributed by atoms with Crippen LogP contribution in [-0.2, 0) is 9.59 Å². The quantitative estimate of drug-likeness (QED) is 0.719.